The molecule has 0 saturated heterocycles. The van der Waals surface area contributed by atoms with Crippen molar-refractivity contribution < 1.29 is 5.48 Å². The van der Waals surface area contributed by atoms with Crippen molar-refractivity contribution in [2.75, 3.05) is 18.5 Å². The van der Waals surface area contributed by atoms with Gasteiger partial charge in [0.2, 0.25) is 0 Å². The fourth-order valence-electron chi connectivity index (χ4n) is 4.15. The van der Waals surface area contributed by atoms with E-state index < -0.39 is 7.41 Å². The third-order valence-corrected chi connectivity index (χ3v) is 10.1. The van der Waals surface area contributed by atoms with Crippen LogP contribution in [0.5, 0.6) is 0 Å². The Hall–Kier alpha value is 0.350. The van der Waals surface area contributed by atoms with Crippen LogP contribution in [0.4, 0.5) is 0 Å². The Morgan fingerprint density at radius 2 is 0.630 bits per heavy atom. The molecular formula is C24H56NOP. The van der Waals surface area contributed by atoms with Crippen LogP contribution in [-0.2, 0) is 0 Å². The van der Waals surface area contributed by atoms with Gasteiger partial charge in [-0.15, -0.1) is 0 Å². The summed E-state index contributed by atoms with van der Waals surface area (Å²) in [6.45, 7) is 6.91. The summed E-state index contributed by atoms with van der Waals surface area (Å²) in [4.78, 5) is 0. The van der Waals surface area contributed by atoms with Gasteiger partial charge in [0.25, 0.3) is 0 Å². The molecule has 0 aliphatic rings. The fraction of sp³-hybridized carbons (Fsp3) is 1.00. The van der Waals surface area contributed by atoms with Crippen molar-refractivity contribution in [3.8, 4) is 0 Å². The van der Waals surface area contributed by atoms with E-state index >= 15 is 0 Å². The van der Waals surface area contributed by atoms with E-state index in [0.29, 0.717) is 0 Å². The monoisotopic (exact) mass is 405 g/mol. The third-order valence-electron chi connectivity index (χ3n) is 6.08. The summed E-state index contributed by atoms with van der Waals surface area (Å²) in [5.41, 5.74) is 7.06. The van der Waals surface area contributed by atoms with E-state index in [4.69, 9.17) is 5.50 Å². The molecule has 3 heteroatoms. The molecule has 168 valence electrons. The normalized spacial score (nSPS) is 12.1. The first kappa shape index (κ1) is 29.6. The summed E-state index contributed by atoms with van der Waals surface area (Å²) in [5, 5.41) is 0. The Morgan fingerprint density at radius 1 is 0.407 bits per heavy atom. The molecule has 0 bridgehead atoms. The molecule has 0 aliphatic heterocycles. The predicted octanol–water partition coefficient (Wildman–Crippen LogP) is 7.87. The van der Waals surface area contributed by atoms with Gasteiger partial charge in [0.1, 0.15) is 0 Å². The smallest absolute Gasteiger partial charge is 0.412 e. The number of nitrogens with two attached hydrogens (primary N) is 1. The minimum absolute atomic E-state index is 0. The van der Waals surface area contributed by atoms with E-state index in [0.717, 1.165) is 0 Å². The van der Waals surface area contributed by atoms with E-state index in [2.05, 4.69) is 20.8 Å². The van der Waals surface area contributed by atoms with Crippen LogP contribution in [0.3, 0.4) is 0 Å². The molecule has 0 aromatic carbocycles. The van der Waals surface area contributed by atoms with Crippen LogP contribution in [0.1, 0.15) is 136 Å². The molecule has 0 rings (SSSR count). The molecule has 0 radical (unpaired) electrons. The minimum Gasteiger partial charge on any atom is -0.412 e. The summed E-state index contributed by atoms with van der Waals surface area (Å²) in [7, 11) is -1.45. The van der Waals surface area contributed by atoms with Crippen molar-refractivity contribution in [1.82, 2.24) is 0 Å². The average Bonchev–Trinajstić information content (AvgIpc) is 2.64. The van der Waals surface area contributed by atoms with Crippen LogP contribution in [0.2, 0.25) is 0 Å². The Kier molecular flexibility index (Phi) is 24.8. The molecule has 0 aromatic heterocycles. The largest absolute Gasteiger partial charge is 0.412 e. The zero-order valence-electron chi connectivity index (χ0n) is 19.4. The second kappa shape index (κ2) is 22.6. The van der Waals surface area contributed by atoms with Gasteiger partial charge in [-0.2, -0.15) is 0 Å². The van der Waals surface area contributed by atoms with Gasteiger partial charge in [-0.05, 0) is 0 Å². The molecule has 0 spiro atoms. The van der Waals surface area contributed by atoms with Crippen LogP contribution in [0.25, 0.3) is 0 Å². The number of hydrogen-bond acceptors (Lipinski definition) is 1. The molecule has 0 fully saturated rings. The maximum absolute atomic E-state index is 7.06. The summed E-state index contributed by atoms with van der Waals surface area (Å²) < 4.78 is 0. The van der Waals surface area contributed by atoms with Gasteiger partial charge in [-0.25, -0.2) is 0 Å². The van der Waals surface area contributed by atoms with Crippen LogP contribution < -0.4 is 5.50 Å². The molecule has 0 atom stereocenters. The molecule has 2 nitrogen and oxygen atoms in total. The van der Waals surface area contributed by atoms with Gasteiger partial charge < -0.3 is 5.48 Å². The summed E-state index contributed by atoms with van der Waals surface area (Å²) in [6, 6.07) is 0. The molecule has 0 aliphatic carbocycles. The van der Waals surface area contributed by atoms with E-state index in [1.165, 1.54) is 134 Å². The van der Waals surface area contributed by atoms with Gasteiger partial charge >= 0.3 is 168 Å². The van der Waals surface area contributed by atoms with Crippen molar-refractivity contribution >= 4 is 7.41 Å². The summed E-state index contributed by atoms with van der Waals surface area (Å²) >= 11 is 0. The second-order valence-electron chi connectivity index (χ2n) is 8.92. The van der Waals surface area contributed by atoms with Crippen molar-refractivity contribution in [3.63, 3.8) is 0 Å². The summed E-state index contributed by atoms with van der Waals surface area (Å²) in [5.74, 6) is 0. The van der Waals surface area contributed by atoms with Crippen molar-refractivity contribution in [2.45, 2.75) is 136 Å². The van der Waals surface area contributed by atoms with Gasteiger partial charge in [0.05, 0.1) is 0 Å². The Labute approximate surface area is 173 Å². The summed E-state index contributed by atoms with van der Waals surface area (Å²) in [6.07, 6.45) is 29.7. The molecule has 4 N–H and O–H groups in total. The first-order valence-electron chi connectivity index (χ1n) is 12.5. The fourth-order valence-corrected chi connectivity index (χ4v) is 7.76. The SMILES string of the molecule is CCCCCCCC[PH](N)(CCCCCCCC)CCCCCCCC.O. The molecule has 0 saturated carbocycles. The number of rotatable bonds is 21. The number of hydrogen-bond donors (Lipinski definition) is 1. The van der Waals surface area contributed by atoms with Crippen LogP contribution in [0.15, 0.2) is 0 Å². The molecule has 0 heterocycles. The number of unbranched alkanes of at least 4 members (excludes halogenated alkanes) is 15. The minimum atomic E-state index is -1.45. The first-order valence-corrected chi connectivity index (χ1v) is 15.2. The third kappa shape index (κ3) is 20.9. The van der Waals surface area contributed by atoms with Crippen molar-refractivity contribution in [2.24, 2.45) is 5.50 Å². The van der Waals surface area contributed by atoms with Gasteiger partial charge in [-0.1, -0.05) is 0 Å². The van der Waals surface area contributed by atoms with Crippen LogP contribution >= 0.6 is 7.41 Å². The first-order chi connectivity index (χ1) is 12.7. The van der Waals surface area contributed by atoms with E-state index in [1.54, 1.807) is 0 Å². The zero-order valence-corrected chi connectivity index (χ0v) is 20.4. The van der Waals surface area contributed by atoms with E-state index in [1.807, 2.05) is 0 Å². The van der Waals surface area contributed by atoms with Crippen molar-refractivity contribution in [1.29, 1.82) is 0 Å². The Balaban J connectivity index is 0. The average molecular weight is 406 g/mol. The maximum Gasteiger partial charge on any atom is -0.412 e. The zero-order chi connectivity index (χ0) is 19.3. The van der Waals surface area contributed by atoms with Crippen LogP contribution in [0, 0.1) is 0 Å². The van der Waals surface area contributed by atoms with E-state index in [-0.39, 0.29) is 5.48 Å². The van der Waals surface area contributed by atoms with Crippen molar-refractivity contribution in [3.05, 3.63) is 0 Å². The van der Waals surface area contributed by atoms with Gasteiger partial charge in [0.15, 0.2) is 0 Å². The standard InChI is InChI=1S/C24H54NP.H2O/c1-4-7-10-13-16-19-22-26(25,23-20-17-14-11-8-5-2)24-21-18-15-12-9-6-3;/h26H,4-25H2,1-3H3;1H2. The van der Waals surface area contributed by atoms with Gasteiger partial charge in [-0.3, -0.25) is 0 Å². The van der Waals surface area contributed by atoms with E-state index in [9.17, 15) is 0 Å². The quantitative estimate of drug-likeness (QED) is 0.153. The molecular weight excluding hydrogens is 349 g/mol. The molecule has 0 unspecified atom stereocenters. The predicted molar refractivity (Wildman–Crippen MR) is 131 cm³/mol. The maximum atomic E-state index is 7.06. The topological polar surface area (TPSA) is 57.5 Å². The molecule has 27 heavy (non-hydrogen) atoms. The molecule has 0 amide bonds. The van der Waals surface area contributed by atoms with Crippen LogP contribution in [-0.4, -0.2) is 24.0 Å². The Bertz CT molecular complexity index is 232. The molecule has 0 aromatic rings. The second-order valence-corrected chi connectivity index (χ2v) is 13.1. The Morgan fingerprint density at radius 3 is 0.889 bits per heavy atom. The van der Waals surface area contributed by atoms with Gasteiger partial charge in [0, 0.05) is 0 Å².